The van der Waals surface area contributed by atoms with Gasteiger partial charge in [-0.05, 0) is 40.2 Å². The Labute approximate surface area is 116 Å². The van der Waals surface area contributed by atoms with Gasteiger partial charge in [0.1, 0.15) is 11.5 Å². The Morgan fingerprint density at radius 2 is 2.00 bits per heavy atom. The fraction of sp³-hybridized carbons (Fsp3) is 0.167. The van der Waals surface area contributed by atoms with Crippen molar-refractivity contribution in [2.45, 2.75) is 6.54 Å². The molecule has 2 rings (SSSR count). The van der Waals surface area contributed by atoms with Gasteiger partial charge in [0.15, 0.2) is 5.69 Å². The van der Waals surface area contributed by atoms with Crippen molar-refractivity contribution in [1.29, 1.82) is 0 Å². The smallest absolute Gasteiger partial charge is 0.355 e. The number of aliphatic hydroxyl groups is 1. The zero-order valence-electron chi connectivity index (χ0n) is 9.68. The molecule has 0 atom stereocenters. The van der Waals surface area contributed by atoms with Crippen LogP contribution >= 0.6 is 15.9 Å². The molecule has 0 saturated heterocycles. The van der Waals surface area contributed by atoms with Crippen LogP contribution in [0.25, 0.3) is 11.3 Å². The first-order valence-electron chi connectivity index (χ1n) is 5.41. The number of carboxylic acid groups (broad SMARTS) is 1. The van der Waals surface area contributed by atoms with Crippen molar-refractivity contribution < 1.29 is 19.4 Å². The van der Waals surface area contributed by atoms with E-state index in [0.29, 0.717) is 15.7 Å². The summed E-state index contributed by atoms with van der Waals surface area (Å²) in [5.41, 5.74) is 0.937. The molecule has 0 aliphatic carbocycles. The number of aromatic nitrogens is 2. The van der Waals surface area contributed by atoms with Crippen molar-refractivity contribution in [2.75, 3.05) is 6.61 Å². The molecule has 2 N–H and O–H groups in total. The second-order valence-electron chi connectivity index (χ2n) is 3.77. The zero-order valence-corrected chi connectivity index (χ0v) is 11.3. The summed E-state index contributed by atoms with van der Waals surface area (Å²) in [7, 11) is 0. The number of carbonyl (C=O) groups is 1. The molecule has 0 radical (unpaired) electrons. The normalized spacial score (nSPS) is 10.7. The van der Waals surface area contributed by atoms with Crippen LogP contribution in [0.1, 0.15) is 10.5 Å². The number of hydrogen-bond donors (Lipinski definition) is 2. The summed E-state index contributed by atoms with van der Waals surface area (Å²) in [6.07, 6.45) is 0. The lowest BCUT2D eigenvalue weighted by Crippen LogP contribution is -2.12. The molecule has 100 valence electrons. The van der Waals surface area contributed by atoms with Crippen molar-refractivity contribution in [3.8, 4) is 11.3 Å². The van der Waals surface area contributed by atoms with Crippen LogP contribution in [0.3, 0.4) is 0 Å². The van der Waals surface area contributed by atoms with Crippen molar-refractivity contribution >= 4 is 21.9 Å². The number of aliphatic hydroxyl groups excluding tert-OH is 1. The maximum Gasteiger partial charge on any atom is 0.355 e. The Kier molecular flexibility index (Phi) is 3.96. The van der Waals surface area contributed by atoms with Crippen molar-refractivity contribution in [3.63, 3.8) is 0 Å². The van der Waals surface area contributed by atoms with Gasteiger partial charge in [-0.15, -0.1) is 0 Å². The summed E-state index contributed by atoms with van der Waals surface area (Å²) in [5.74, 6) is -1.53. The van der Waals surface area contributed by atoms with E-state index in [0.717, 1.165) is 0 Å². The van der Waals surface area contributed by atoms with Crippen molar-refractivity contribution in [2.24, 2.45) is 0 Å². The molecule has 0 saturated carbocycles. The van der Waals surface area contributed by atoms with E-state index in [2.05, 4.69) is 21.0 Å². The van der Waals surface area contributed by atoms with Gasteiger partial charge in [-0.2, -0.15) is 5.10 Å². The Bertz CT molecular complexity index is 610. The largest absolute Gasteiger partial charge is 0.476 e. The van der Waals surface area contributed by atoms with E-state index >= 15 is 0 Å². The maximum atomic E-state index is 12.9. The maximum absolute atomic E-state index is 12.9. The van der Waals surface area contributed by atoms with Crippen LogP contribution in [0, 0.1) is 5.82 Å². The van der Waals surface area contributed by atoms with Crippen LogP contribution in [0.5, 0.6) is 0 Å². The summed E-state index contributed by atoms with van der Waals surface area (Å²) < 4.78 is 14.4. The number of nitrogens with zero attached hydrogens (tertiary/aromatic N) is 2. The fourth-order valence-electron chi connectivity index (χ4n) is 1.69. The van der Waals surface area contributed by atoms with E-state index in [4.69, 9.17) is 10.2 Å². The molecule has 0 bridgehead atoms. The molecule has 0 unspecified atom stereocenters. The van der Waals surface area contributed by atoms with E-state index < -0.39 is 5.97 Å². The molecular formula is C12H10BrFN2O3. The van der Waals surface area contributed by atoms with Gasteiger partial charge in [-0.1, -0.05) is 0 Å². The lowest BCUT2D eigenvalue weighted by molar-refractivity contribution is 0.0680. The second kappa shape index (κ2) is 5.50. The first-order valence-corrected chi connectivity index (χ1v) is 6.20. The van der Waals surface area contributed by atoms with Crippen LogP contribution in [0.4, 0.5) is 4.39 Å². The second-order valence-corrected chi connectivity index (χ2v) is 4.56. The van der Waals surface area contributed by atoms with Gasteiger partial charge in [0.2, 0.25) is 0 Å². The third kappa shape index (κ3) is 2.66. The number of aromatic carboxylic acids is 1. The summed E-state index contributed by atoms with van der Waals surface area (Å²) >= 11 is 3.19. The SMILES string of the molecule is O=C(O)c1c(Br)c(-c2ccc(F)cc2)nn1CCO. The lowest BCUT2D eigenvalue weighted by Gasteiger charge is -2.00. The molecule has 0 aliphatic rings. The molecule has 2 aromatic rings. The molecule has 1 aromatic carbocycles. The van der Waals surface area contributed by atoms with E-state index in [-0.39, 0.29) is 24.7 Å². The predicted octanol–water partition coefficient (Wildman–Crippen LogP) is 2.14. The molecule has 0 aliphatic heterocycles. The highest BCUT2D eigenvalue weighted by Crippen LogP contribution is 2.30. The van der Waals surface area contributed by atoms with Gasteiger partial charge in [-0.3, -0.25) is 4.68 Å². The van der Waals surface area contributed by atoms with Gasteiger partial charge in [0.05, 0.1) is 17.6 Å². The fourth-order valence-corrected chi connectivity index (χ4v) is 2.38. The van der Waals surface area contributed by atoms with Gasteiger partial charge in [0, 0.05) is 5.56 Å². The number of carboxylic acids is 1. The third-order valence-corrected chi connectivity index (χ3v) is 3.28. The highest BCUT2D eigenvalue weighted by Gasteiger charge is 2.22. The van der Waals surface area contributed by atoms with Crippen LogP contribution in [0.2, 0.25) is 0 Å². The first-order chi connectivity index (χ1) is 9.04. The number of benzene rings is 1. The Morgan fingerprint density at radius 1 is 1.37 bits per heavy atom. The summed E-state index contributed by atoms with van der Waals surface area (Å²) in [4.78, 5) is 11.2. The van der Waals surface area contributed by atoms with Gasteiger partial charge >= 0.3 is 5.97 Å². The minimum Gasteiger partial charge on any atom is -0.476 e. The van der Waals surface area contributed by atoms with E-state index in [1.54, 1.807) is 0 Å². The predicted molar refractivity (Wildman–Crippen MR) is 69.4 cm³/mol. The summed E-state index contributed by atoms with van der Waals surface area (Å²) in [6, 6.07) is 5.56. The van der Waals surface area contributed by atoms with E-state index in [1.807, 2.05) is 0 Å². The topological polar surface area (TPSA) is 75.3 Å². The summed E-state index contributed by atoms with van der Waals surface area (Å²) in [5, 5.41) is 22.2. The molecule has 0 spiro atoms. The molecule has 7 heteroatoms. The van der Waals surface area contributed by atoms with E-state index in [1.165, 1.54) is 28.9 Å². The third-order valence-electron chi connectivity index (χ3n) is 2.53. The van der Waals surface area contributed by atoms with Crippen LogP contribution in [-0.2, 0) is 6.54 Å². The minimum atomic E-state index is -1.15. The van der Waals surface area contributed by atoms with Crippen molar-refractivity contribution in [3.05, 3.63) is 40.2 Å². The van der Waals surface area contributed by atoms with Gasteiger partial charge < -0.3 is 10.2 Å². The Morgan fingerprint density at radius 3 is 2.53 bits per heavy atom. The number of halogens is 2. The lowest BCUT2D eigenvalue weighted by atomic mass is 10.1. The van der Waals surface area contributed by atoms with Crippen LogP contribution in [-0.4, -0.2) is 32.6 Å². The van der Waals surface area contributed by atoms with Crippen molar-refractivity contribution in [1.82, 2.24) is 9.78 Å². The van der Waals surface area contributed by atoms with E-state index in [9.17, 15) is 9.18 Å². The molecule has 1 aromatic heterocycles. The van der Waals surface area contributed by atoms with Crippen LogP contribution < -0.4 is 0 Å². The average molecular weight is 329 g/mol. The Balaban J connectivity index is 2.55. The number of hydrogen-bond acceptors (Lipinski definition) is 3. The molecule has 1 heterocycles. The Hall–Kier alpha value is -1.73. The zero-order chi connectivity index (χ0) is 14.0. The monoisotopic (exact) mass is 328 g/mol. The number of rotatable bonds is 4. The van der Waals surface area contributed by atoms with Gasteiger partial charge in [0.25, 0.3) is 0 Å². The highest BCUT2D eigenvalue weighted by atomic mass is 79.9. The van der Waals surface area contributed by atoms with Crippen LogP contribution in [0.15, 0.2) is 28.7 Å². The molecule has 5 nitrogen and oxygen atoms in total. The summed E-state index contributed by atoms with van der Waals surface area (Å²) in [6.45, 7) is -0.154. The average Bonchev–Trinajstić information content (AvgIpc) is 2.68. The quantitative estimate of drug-likeness (QED) is 0.901. The standard InChI is InChI=1S/C12H10BrFN2O3/c13-9-10(7-1-3-8(14)4-2-7)15-16(5-6-17)11(9)12(18)19/h1-4,17H,5-6H2,(H,18,19). The highest BCUT2D eigenvalue weighted by molar-refractivity contribution is 9.10. The first kappa shape index (κ1) is 13.7. The molecule has 0 amide bonds. The molecule has 19 heavy (non-hydrogen) atoms. The molecule has 0 fully saturated rings. The van der Waals surface area contributed by atoms with Gasteiger partial charge in [-0.25, -0.2) is 9.18 Å². The molecular weight excluding hydrogens is 319 g/mol. The minimum absolute atomic E-state index is 0.0478.